The van der Waals surface area contributed by atoms with Gasteiger partial charge in [-0.1, -0.05) is 12.1 Å². The maximum Gasteiger partial charge on any atom is 0.234 e. The van der Waals surface area contributed by atoms with Gasteiger partial charge in [0, 0.05) is 19.1 Å². The van der Waals surface area contributed by atoms with Gasteiger partial charge in [-0.15, -0.1) is 0 Å². The maximum absolute atomic E-state index is 11.9. The van der Waals surface area contributed by atoms with E-state index in [1.807, 2.05) is 24.3 Å². The third kappa shape index (κ3) is 4.51. The molecule has 1 amide bonds. The molecule has 1 unspecified atom stereocenters. The Labute approximate surface area is 120 Å². The fourth-order valence-electron chi connectivity index (χ4n) is 2.48. The van der Waals surface area contributed by atoms with Gasteiger partial charge in [0.05, 0.1) is 13.7 Å². The van der Waals surface area contributed by atoms with E-state index in [0.29, 0.717) is 13.1 Å². The molecule has 1 aromatic carbocycles. The number of nitrogens with zero attached hydrogens (tertiary/aromatic N) is 1. The van der Waals surface area contributed by atoms with Gasteiger partial charge in [-0.25, -0.2) is 0 Å². The van der Waals surface area contributed by atoms with Crippen LogP contribution in [-0.2, 0) is 11.3 Å². The lowest BCUT2D eigenvalue weighted by molar-refractivity contribution is -0.122. The van der Waals surface area contributed by atoms with Crippen molar-refractivity contribution < 1.29 is 9.53 Å². The summed E-state index contributed by atoms with van der Waals surface area (Å²) < 4.78 is 5.16. The van der Waals surface area contributed by atoms with Gasteiger partial charge in [-0.05, 0) is 37.1 Å². The molecule has 0 spiro atoms. The Morgan fingerprint density at radius 3 is 3.15 bits per heavy atom. The summed E-state index contributed by atoms with van der Waals surface area (Å²) in [6.45, 7) is 2.72. The Morgan fingerprint density at radius 1 is 1.55 bits per heavy atom. The summed E-state index contributed by atoms with van der Waals surface area (Å²) in [5, 5.41) is 2.94. The minimum atomic E-state index is 0.0434. The molecule has 1 aliphatic rings. The zero-order valence-corrected chi connectivity index (χ0v) is 12.0. The number of hydrogen-bond acceptors (Lipinski definition) is 4. The number of nitrogens with two attached hydrogens (primary N) is 1. The largest absolute Gasteiger partial charge is 0.497 e. The summed E-state index contributed by atoms with van der Waals surface area (Å²) in [5.41, 5.74) is 6.95. The monoisotopic (exact) mass is 277 g/mol. The van der Waals surface area contributed by atoms with Crippen molar-refractivity contribution in [2.24, 2.45) is 5.73 Å². The van der Waals surface area contributed by atoms with E-state index in [9.17, 15) is 4.79 Å². The summed E-state index contributed by atoms with van der Waals surface area (Å²) in [7, 11) is 1.64. The number of likely N-dealkylation sites (tertiary alicyclic amines) is 1. The SMILES string of the molecule is COc1cccc(CNC(=O)CN2CCCC(N)C2)c1. The summed E-state index contributed by atoms with van der Waals surface area (Å²) in [6, 6.07) is 7.91. The molecule has 5 heteroatoms. The molecule has 1 atom stereocenters. The molecule has 0 saturated carbocycles. The lowest BCUT2D eigenvalue weighted by atomic mass is 10.1. The number of rotatable bonds is 5. The van der Waals surface area contributed by atoms with E-state index >= 15 is 0 Å². The minimum absolute atomic E-state index is 0.0434. The first-order chi connectivity index (χ1) is 9.67. The number of piperidine rings is 1. The van der Waals surface area contributed by atoms with Gasteiger partial charge in [-0.3, -0.25) is 9.69 Å². The van der Waals surface area contributed by atoms with E-state index in [1.165, 1.54) is 0 Å². The van der Waals surface area contributed by atoms with Crippen LogP contribution in [0.4, 0.5) is 0 Å². The highest BCUT2D eigenvalue weighted by Crippen LogP contribution is 2.12. The Morgan fingerprint density at radius 2 is 2.40 bits per heavy atom. The average Bonchev–Trinajstić information content (AvgIpc) is 2.45. The maximum atomic E-state index is 11.9. The van der Waals surface area contributed by atoms with Crippen molar-refractivity contribution in [3.05, 3.63) is 29.8 Å². The Balaban J connectivity index is 1.76. The fraction of sp³-hybridized carbons (Fsp3) is 0.533. The highest BCUT2D eigenvalue weighted by atomic mass is 16.5. The predicted octanol–water partition coefficient (Wildman–Crippen LogP) is 0.735. The van der Waals surface area contributed by atoms with E-state index < -0.39 is 0 Å². The molecule has 5 nitrogen and oxygen atoms in total. The van der Waals surface area contributed by atoms with Gasteiger partial charge in [0.15, 0.2) is 0 Å². The molecule has 110 valence electrons. The molecular weight excluding hydrogens is 254 g/mol. The van der Waals surface area contributed by atoms with Crippen molar-refractivity contribution >= 4 is 5.91 Å². The molecule has 3 N–H and O–H groups in total. The molecular formula is C15H23N3O2. The van der Waals surface area contributed by atoms with Crippen LogP contribution < -0.4 is 15.8 Å². The van der Waals surface area contributed by atoms with Crippen molar-refractivity contribution in [2.75, 3.05) is 26.7 Å². The molecule has 0 aliphatic carbocycles. The van der Waals surface area contributed by atoms with Crippen molar-refractivity contribution in [3.8, 4) is 5.75 Å². The molecule has 0 radical (unpaired) electrons. The van der Waals surface area contributed by atoms with Crippen LogP contribution in [0.15, 0.2) is 24.3 Å². The van der Waals surface area contributed by atoms with Crippen LogP contribution in [0.1, 0.15) is 18.4 Å². The number of amides is 1. The van der Waals surface area contributed by atoms with Gasteiger partial charge in [-0.2, -0.15) is 0 Å². The molecule has 1 saturated heterocycles. The topological polar surface area (TPSA) is 67.6 Å². The minimum Gasteiger partial charge on any atom is -0.497 e. The van der Waals surface area contributed by atoms with Crippen molar-refractivity contribution in [1.82, 2.24) is 10.2 Å². The number of carbonyl (C=O) groups is 1. The second kappa shape index (κ2) is 7.26. The summed E-state index contributed by atoms with van der Waals surface area (Å²) in [5.74, 6) is 0.848. The van der Waals surface area contributed by atoms with Crippen LogP contribution in [0, 0.1) is 0 Å². The third-order valence-electron chi connectivity index (χ3n) is 3.53. The average molecular weight is 277 g/mol. The Bertz CT molecular complexity index is 450. The number of carbonyl (C=O) groups excluding carboxylic acids is 1. The molecule has 0 aromatic heterocycles. The van der Waals surface area contributed by atoms with Crippen molar-refractivity contribution in [2.45, 2.75) is 25.4 Å². The lowest BCUT2D eigenvalue weighted by Crippen LogP contribution is -2.46. The predicted molar refractivity (Wildman–Crippen MR) is 78.5 cm³/mol. The fourth-order valence-corrected chi connectivity index (χ4v) is 2.48. The molecule has 1 fully saturated rings. The summed E-state index contributed by atoms with van der Waals surface area (Å²) in [6.07, 6.45) is 2.13. The van der Waals surface area contributed by atoms with Gasteiger partial charge in [0.2, 0.25) is 5.91 Å². The van der Waals surface area contributed by atoms with Crippen molar-refractivity contribution in [3.63, 3.8) is 0 Å². The van der Waals surface area contributed by atoms with Crippen LogP contribution in [0.2, 0.25) is 0 Å². The normalized spacial score (nSPS) is 19.6. The van der Waals surface area contributed by atoms with Gasteiger partial charge in [0.1, 0.15) is 5.75 Å². The molecule has 1 heterocycles. The smallest absolute Gasteiger partial charge is 0.234 e. The highest BCUT2D eigenvalue weighted by Gasteiger charge is 2.18. The van der Waals surface area contributed by atoms with Crippen LogP contribution in [0.3, 0.4) is 0 Å². The van der Waals surface area contributed by atoms with E-state index in [4.69, 9.17) is 10.5 Å². The molecule has 1 aromatic rings. The molecule has 20 heavy (non-hydrogen) atoms. The number of methoxy groups -OCH3 is 1. The quantitative estimate of drug-likeness (QED) is 0.833. The highest BCUT2D eigenvalue weighted by molar-refractivity contribution is 5.78. The van der Waals surface area contributed by atoms with Gasteiger partial charge < -0.3 is 15.8 Å². The first kappa shape index (κ1) is 14.8. The van der Waals surface area contributed by atoms with E-state index in [1.54, 1.807) is 7.11 Å². The second-order valence-corrected chi connectivity index (χ2v) is 5.27. The first-order valence-electron chi connectivity index (χ1n) is 7.05. The first-order valence-corrected chi connectivity index (χ1v) is 7.05. The van der Waals surface area contributed by atoms with Gasteiger partial charge >= 0.3 is 0 Å². The standard InChI is InChI=1S/C15H23N3O2/c1-20-14-6-2-4-12(8-14)9-17-15(19)11-18-7-3-5-13(16)10-18/h2,4,6,8,13H,3,5,7,9-11,16H2,1H3,(H,17,19). The third-order valence-corrected chi connectivity index (χ3v) is 3.53. The number of ether oxygens (including phenoxy) is 1. The number of benzene rings is 1. The van der Waals surface area contributed by atoms with E-state index in [-0.39, 0.29) is 11.9 Å². The molecule has 2 rings (SSSR count). The Hall–Kier alpha value is -1.59. The number of nitrogens with one attached hydrogen (secondary N) is 1. The molecule has 0 bridgehead atoms. The Kier molecular flexibility index (Phi) is 5.38. The van der Waals surface area contributed by atoms with Crippen LogP contribution in [0.25, 0.3) is 0 Å². The number of hydrogen-bond donors (Lipinski definition) is 2. The zero-order valence-electron chi connectivity index (χ0n) is 12.0. The second-order valence-electron chi connectivity index (χ2n) is 5.27. The van der Waals surface area contributed by atoms with E-state index in [2.05, 4.69) is 10.2 Å². The zero-order chi connectivity index (χ0) is 14.4. The van der Waals surface area contributed by atoms with E-state index in [0.717, 1.165) is 37.2 Å². The van der Waals surface area contributed by atoms with Gasteiger partial charge in [0.25, 0.3) is 0 Å². The lowest BCUT2D eigenvalue weighted by Gasteiger charge is -2.29. The van der Waals surface area contributed by atoms with Crippen LogP contribution >= 0.6 is 0 Å². The van der Waals surface area contributed by atoms with Crippen molar-refractivity contribution in [1.29, 1.82) is 0 Å². The summed E-state index contributed by atoms with van der Waals surface area (Å²) in [4.78, 5) is 14.0. The van der Waals surface area contributed by atoms with Crippen LogP contribution in [-0.4, -0.2) is 43.6 Å². The molecule has 1 aliphatic heterocycles. The summed E-state index contributed by atoms with van der Waals surface area (Å²) >= 11 is 0. The van der Waals surface area contributed by atoms with Crippen LogP contribution in [0.5, 0.6) is 5.75 Å².